The summed E-state index contributed by atoms with van der Waals surface area (Å²) in [6.45, 7) is 5.54. The van der Waals surface area contributed by atoms with Crippen molar-refractivity contribution in [3.63, 3.8) is 0 Å². The predicted molar refractivity (Wildman–Crippen MR) is 105 cm³/mol. The van der Waals surface area contributed by atoms with Crippen LogP contribution in [-0.4, -0.2) is 58.7 Å². The van der Waals surface area contributed by atoms with Gasteiger partial charge in [-0.2, -0.15) is 0 Å². The molecule has 0 radical (unpaired) electrons. The second-order valence-corrected chi connectivity index (χ2v) is 8.63. The van der Waals surface area contributed by atoms with Crippen LogP contribution in [0.4, 0.5) is 0 Å². The van der Waals surface area contributed by atoms with E-state index in [9.17, 15) is 9.90 Å². The van der Waals surface area contributed by atoms with E-state index in [0.717, 1.165) is 44.6 Å². The largest absolute Gasteiger partial charge is 0.490 e. The molecule has 2 atom stereocenters. The minimum absolute atomic E-state index is 0.115. The number of hydrogen-bond donors (Lipinski definition) is 1. The lowest BCUT2D eigenvalue weighted by molar-refractivity contribution is -0.145. The lowest BCUT2D eigenvalue weighted by atomic mass is 9.75. The van der Waals surface area contributed by atoms with E-state index in [1.165, 1.54) is 18.4 Å². The number of fused-ring (bicyclic) bond motifs is 1. The van der Waals surface area contributed by atoms with Crippen LogP contribution in [-0.2, 0) is 11.3 Å². The number of hydrogen-bond acceptors (Lipinski definition) is 4. The second kappa shape index (κ2) is 7.80. The number of likely N-dealkylation sites (tertiary alicyclic amines) is 2. The molecule has 1 N–H and O–H groups in total. The van der Waals surface area contributed by atoms with Gasteiger partial charge in [-0.1, -0.05) is 18.2 Å². The van der Waals surface area contributed by atoms with Crippen molar-refractivity contribution in [2.24, 2.45) is 5.92 Å². The quantitative estimate of drug-likeness (QED) is 0.883. The van der Waals surface area contributed by atoms with Gasteiger partial charge in [0.05, 0.1) is 11.7 Å². The zero-order chi connectivity index (χ0) is 18.9. The maximum absolute atomic E-state index is 11.8. The van der Waals surface area contributed by atoms with Gasteiger partial charge in [0.25, 0.3) is 0 Å². The first-order valence-electron chi connectivity index (χ1n) is 10.5. The van der Waals surface area contributed by atoms with Gasteiger partial charge < -0.3 is 14.7 Å². The Labute approximate surface area is 162 Å². The highest BCUT2D eigenvalue weighted by atomic mass is 16.5. The molecule has 1 aromatic carbocycles. The van der Waals surface area contributed by atoms with Gasteiger partial charge in [0.1, 0.15) is 5.75 Å². The number of benzene rings is 1. The Morgan fingerprint density at radius 3 is 2.70 bits per heavy atom. The van der Waals surface area contributed by atoms with Gasteiger partial charge in [0, 0.05) is 51.1 Å². The zero-order valence-corrected chi connectivity index (χ0v) is 16.4. The van der Waals surface area contributed by atoms with Gasteiger partial charge in [-0.25, -0.2) is 0 Å². The van der Waals surface area contributed by atoms with E-state index in [1.54, 1.807) is 6.92 Å². The van der Waals surface area contributed by atoms with E-state index in [1.807, 2.05) is 4.90 Å². The minimum atomic E-state index is -0.609. The Hall–Kier alpha value is -1.59. The molecule has 0 spiro atoms. The van der Waals surface area contributed by atoms with Crippen LogP contribution < -0.4 is 4.74 Å². The van der Waals surface area contributed by atoms with Gasteiger partial charge in [-0.05, 0) is 44.6 Å². The molecule has 5 nitrogen and oxygen atoms in total. The highest BCUT2D eigenvalue weighted by Gasteiger charge is 2.45. The highest BCUT2D eigenvalue weighted by molar-refractivity contribution is 5.73. The molecule has 0 bridgehead atoms. The summed E-state index contributed by atoms with van der Waals surface area (Å²) in [5.74, 6) is 1.26. The molecule has 1 aliphatic carbocycles. The molecule has 1 amide bonds. The van der Waals surface area contributed by atoms with E-state index in [2.05, 4.69) is 29.2 Å². The van der Waals surface area contributed by atoms with Crippen LogP contribution in [0.3, 0.4) is 0 Å². The highest BCUT2D eigenvalue weighted by Crippen LogP contribution is 2.36. The summed E-state index contributed by atoms with van der Waals surface area (Å²) in [4.78, 5) is 16.1. The molecule has 148 valence electrons. The Morgan fingerprint density at radius 1 is 1.19 bits per heavy atom. The molecule has 1 saturated carbocycles. The summed E-state index contributed by atoms with van der Waals surface area (Å²) < 4.78 is 6.29. The Balaban J connectivity index is 1.42. The lowest BCUT2D eigenvalue weighted by Gasteiger charge is -2.50. The molecular formula is C22H32N2O3. The van der Waals surface area contributed by atoms with E-state index >= 15 is 0 Å². The number of aliphatic hydroxyl groups is 1. The first-order chi connectivity index (χ1) is 13.0. The molecule has 1 aromatic rings. The third-order valence-electron chi connectivity index (χ3n) is 6.76. The molecule has 4 rings (SSSR count). The fourth-order valence-corrected chi connectivity index (χ4v) is 4.98. The Morgan fingerprint density at radius 2 is 1.93 bits per heavy atom. The van der Waals surface area contributed by atoms with Crippen LogP contribution >= 0.6 is 0 Å². The summed E-state index contributed by atoms with van der Waals surface area (Å²) >= 11 is 0. The number of carbonyl (C=O) groups is 1. The first kappa shape index (κ1) is 18.8. The van der Waals surface area contributed by atoms with Crippen LogP contribution in [0.25, 0.3) is 0 Å². The predicted octanol–water partition coefficient (Wildman–Crippen LogP) is 2.81. The molecule has 27 heavy (non-hydrogen) atoms. The SMILES string of the molecule is CC(=O)N1CC[C@@]2(O)CCN(Cc3ccccc3OC3CCCC3)C[C@H]2C1. The van der Waals surface area contributed by atoms with Crippen molar-refractivity contribution in [3.05, 3.63) is 29.8 Å². The van der Waals surface area contributed by atoms with Gasteiger partial charge in [0.15, 0.2) is 0 Å². The zero-order valence-electron chi connectivity index (χ0n) is 16.4. The van der Waals surface area contributed by atoms with Crippen molar-refractivity contribution in [1.29, 1.82) is 0 Å². The third kappa shape index (κ3) is 4.14. The molecule has 5 heteroatoms. The van der Waals surface area contributed by atoms with Gasteiger partial charge >= 0.3 is 0 Å². The van der Waals surface area contributed by atoms with Gasteiger partial charge in [0.2, 0.25) is 5.91 Å². The second-order valence-electron chi connectivity index (χ2n) is 8.63. The van der Waals surface area contributed by atoms with E-state index in [4.69, 9.17) is 4.74 Å². The lowest BCUT2D eigenvalue weighted by Crippen LogP contribution is -2.60. The number of piperidine rings is 2. The summed E-state index contributed by atoms with van der Waals surface area (Å²) in [6.07, 6.45) is 6.71. The Kier molecular flexibility index (Phi) is 5.42. The van der Waals surface area contributed by atoms with Crippen LogP contribution in [0.15, 0.2) is 24.3 Å². The van der Waals surface area contributed by atoms with Crippen molar-refractivity contribution in [2.45, 2.75) is 63.7 Å². The molecular weight excluding hydrogens is 340 g/mol. The number of amides is 1. The van der Waals surface area contributed by atoms with Crippen LogP contribution in [0, 0.1) is 5.92 Å². The van der Waals surface area contributed by atoms with E-state index < -0.39 is 5.60 Å². The maximum atomic E-state index is 11.8. The summed E-state index contributed by atoms with van der Waals surface area (Å²) in [5.41, 5.74) is 0.622. The number of ether oxygens (including phenoxy) is 1. The van der Waals surface area contributed by atoms with E-state index in [0.29, 0.717) is 25.6 Å². The first-order valence-corrected chi connectivity index (χ1v) is 10.5. The van der Waals surface area contributed by atoms with Crippen LogP contribution in [0.2, 0.25) is 0 Å². The van der Waals surface area contributed by atoms with Crippen LogP contribution in [0.1, 0.15) is 51.0 Å². The fraction of sp³-hybridized carbons (Fsp3) is 0.682. The molecule has 2 heterocycles. The summed E-state index contributed by atoms with van der Waals surface area (Å²) in [7, 11) is 0. The number of rotatable bonds is 4. The minimum Gasteiger partial charge on any atom is -0.490 e. The molecule has 2 saturated heterocycles. The molecule has 0 aromatic heterocycles. The summed E-state index contributed by atoms with van der Waals surface area (Å²) in [6, 6.07) is 8.38. The van der Waals surface area contributed by atoms with Gasteiger partial charge in [-0.3, -0.25) is 9.69 Å². The average molecular weight is 373 g/mol. The van der Waals surface area contributed by atoms with Gasteiger partial charge in [-0.15, -0.1) is 0 Å². The third-order valence-corrected chi connectivity index (χ3v) is 6.76. The van der Waals surface area contributed by atoms with Crippen molar-refractivity contribution in [1.82, 2.24) is 9.80 Å². The average Bonchev–Trinajstić information content (AvgIpc) is 3.16. The van der Waals surface area contributed by atoms with E-state index in [-0.39, 0.29) is 11.8 Å². The maximum Gasteiger partial charge on any atom is 0.219 e. The Bertz CT molecular complexity index is 673. The molecule has 3 fully saturated rings. The number of nitrogens with zero attached hydrogens (tertiary/aromatic N) is 2. The summed E-state index contributed by atoms with van der Waals surface area (Å²) in [5, 5.41) is 11.0. The standard InChI is InChI=1S/C22H32N2O3/c1-17(25)24-13-11-22(26)10-12-23(15-19(22)16-24)14-18-6-2-5-9-21(18)27-20-7-3-4-8-20/h2,5-6,9,19-20,26H,3-4,7-8,10-16H2,1H3/t19-,22-/m0/s1. The van der Waals surface area contributed by atoms with Crippen molar-refractivity contribution in [2.75, 3.05) is 26.2 Å². The molecule has 0 unspecified atom stereocenters. The van der Waals surface area contributed by atoms with Crippen molar-refractivity contribution < 1.29 is 14.6 Å². The van der Waals surface area contributed by atoms with Crippen LogP contribution in [0.5, 0.6) is 5.75 Å². The number of para-hydroxylation sites is 1. The van der Waals surface area contributed by atoms with Crippen molar-refractivity contribution in [3.8, 4) is 5.75 Å². The molecule has 2 aliphatic heterocycles. The smallest absolute Gasteiger partial charge is 0.219 e. The molecule has 3 aliphatic rings. The van der Waals surface area contributed by atoms with Crippen molar-refractivity contribution >= 4 is 5.91 Å². The monoisotopic (exact) mass is 372 g/mol. The number of carbonyl (C=O) groups excluding carboxylic acids is 1. The topological polar surface area (TPSA) is 53.0 Å². The normalized spacial score (nSPS) is 29.6. The fourth-order valence-electron chi connectivity index (χ4n) is 4.98.